The summed E-state index contributed by atoms with van der Waals surface area (Å²) in [6, 6.07) is 15.3. The molecule has 0 aliphatic heterocycles. The van der Waals surface area contributed by atoms with Crippen molar-refractivity contribution < 1.29 is 0 Å². The Morgan fingerprint density at radius 1 is 1.05 bits per heavy atom. The third kappa shape index (κ3) is 3.66. The summed E-state index contributed by atoms with van der Waals surface area (Å²) in [4.78, 5) is 0. The first-order chi connectivity index (χ1) is 10.0. The Bertz CT molecular complexity index is 592. The van der Waals surface area contributed by atoms with E-state index in [0.717, 1.165) is 17.1 Å². The van der Waals surface area contributed by atoms with Crippen molar-refractivity contribution in [3.05, 3.63) is 69.7 Å². The van der Waals surface area contributed by atoms with Crippen LogP contribution in [-0.4, -0.2) is 6.54 Å². The molecule has 0 aliphatic rings. The van der Waals surface area contributed by atoms with Gasteiger partial charge in [-0.15, -0.1) is 0 Å². The first kappa shape index (κ1) is 16.1. The van der Waals surface area contributed by atoms with Crippen molar-refractivity contribution in [3.8, 4) is 0 Å². The zero-order chi connectivity index (χ0) is 15.4. The van der Waals surface area contributed by atoms with Gasteiger partial charge in [0.1, 0.15) is 0 Å². The van der Waals surface area contributed by atoms with Crippen LogP contribution in [0.15, 0.2) is 42.5 Å². The lowest BCUT2D eigenvalue weighted by molar-refractivity contribution is 0.477. The average molecular weight is 302 g/mol. The maximum absolute atomic E-state index is 6.24. The minimum Gasteiger partial charge on any atom is -0.310 e. The molecule has 2 aromatic rings. The van der Waals surface area contributed by atoms with Gasteiger partial charge in [-0.1, -0.05) is 61.8 Å². The summed E-state index contributed by atoms with van der Waals surface area (Å²) in [5.41, 5.74) is 5.09. The summed E-state index contributed by atoms with van der Waals surface area (Å²) in [5.74, 6) is 0.408. The lowest BCUT2D eigenvalue weighted by Gasteiger charge is -2.28. The maximum atomic E-state index is 6.24. The predicted molar refractivity (Wildman–Crippen MR) is 92.2 cm³/mol. The molecular weight excluding hydrogens is 278 g/mol. The Morgan fingerprint density at radius 2 is 1.71 bits per heavy atom. The largest absolute Gasteiger partial charge is 0.310 e. The second kappa shape index (κ2) is 7.11. The van der Waals surface area contributed by atoms with Crippen molar-refractivity contribution in [2.45, 2.75) is 39.7 Å². The fraction of sp³-hybridized carbons (Fsp3) is 0.368. The SMILES string of the molecule is CCNC(c1cc(C)c(Cl)cc1C)C(C)c1ccccc1. The zero-order valence-electron chi connectivity index (χ0n) is 13.3. The van der Waals surface area contributed by atoms with Gasteiger partial charge in [0, 0.05) is 17.0 Å². The van der Waals surface area contributed by atoms with Crippen molar-refractivity contribution in [1.29, 1.82) is 0 Å². The van der Waals surface area contributed by atoms with Gasteiger partial charge in [0.15, 0.2) is 0 Å². The molecule has 2 aromatic carbocycles. The molecule has 0 spiro atoms. The molecular formula is C19H24ClN. The van der Waals surface area contributed by atoms with Crippen LogP contribution in [-0.2, 0) is 0 Å². The van der Waals surface area contributed by atoms with Gasteiger partial charge in [-0.3, -0.25) is 0 Å². The van der Waals surface area contributed by atoms with E-state index in [1.807, 2.05) is 0 Å². The normalized spacial score (nSPS) is 14.0. The van der Waals surface area contributed by atoms with Crippen LogP contribution in [0.4, 0.5) is 0 Å². The van der Waals surface area contributed by atoms with Gasteiger partial charge in [-0.05, 0) is 48.7 Å². The van der Waals surface area contributed by atoms with Gasteiger partial charge in [-0.2, -0.15) is 0 Å². The number of halogens is 1. The van der Waals surface area contributed by atoms with E-state index in [4.69, 9.17) is 11.6 Å². The van der Waals surface area contributed by atoms with Crippen LogP contribution in [0.1, 0.15) is 48.1 Å². The number of nitrogens with one attached hydrogen (secondary N) is 1. The minimum atomic E-state index is 0.299. The van der Waals surface area contributed by atoms with E-state index in [1.165, 1.54) is 16.7 Å². The lowest BCUT2D eigenvalue weighted by Crippen LogP contribution is -2.26. The van der Waals surface area contributed by atoms with Gasteiger partial charge in [0.2, 0.25) is 0 Å². The Balaban J connectivity index is 2.42. The summed E-state index contributed by atoms with van der Waals surface area (Å²) >= 11 is 6.24. The van der Waals surface area contributed by atoms with Crippen molar-refractivity contribution in [3.63, 3.8) is 0 Å². The third-order valence-electron chi connectivity index (χ3n) is 4.13. The second-order valence-corrected chi connectivity index (χ2v) is 6.10. The van der Waals surface area contributed by atoms with E-state index >= 15 is 0 Å². The highest BCUT2D eigenvalue weighted by Gasteiger charge is 2.22. The molecule has 0 heterocycles. The molecule has 2 heteroatoms. The molecule has 0 bridgehead atoms. The van der Waals surface area contributed by atoms with Crippen LogP contribution < -0.4 is 5.32 Å². The van der Waals surface area contributed by atoms with E-state index in [9.17, 15) is 0 Å². The van der Waals surface area contributed by atoms with Gasteiger partial charge >= 0.3 is 0 Å². The quantitative estimate of drug-likeness (QED) is 0.778. The fourth-order valence-corrected chi connectivity index (χ4v) is 3.08. The molecule has 0 fully saturated rings. The van der Waals surface area contributed by atoms with Crippen molar-refractivity contribution in [2.75, 3.05) is 6.54 Å². The smallest absolute Gasteiger partial charge is 0.0438 e. The number of likely N-dealkylation sites (N-methyl/N-ethyl adjacent to an activating group) is 1. The summed E-state index contributed by atoms with van der Waals surface area (Å²) in [5, 5.41) is 4.49. The van der Waals surface area contributed by atoms with Crippen molar-refractivity contribution in [1.82, 2.24) is 5.32 Å². The highest BCUT2D eigenvalue weighted by molar-refractivity contribution is 6.31. The Labute approximate surface area is 133 Å². The fourth-order valence-electron chi connectivity index (χ4n) is 2.86. The summed E-state index contributed by atoms with van der Waals surface area (Å²) in [7, 11) is 0. The van der Waals surface area contributed by atoms with Crippen LogP contribution in [0.5, 0.6) is 0 Å². The van der Waals surface area contributed by atoms with Crippen molar-refractivity contribution in [2.24, 2.45) is 0 Å². The highest BCUT2D eigenvalue weighted by atomic mass is 35.5. The van der Waals surface area contributed by atoms with Crippen molar-refractivity contribution >= 4 is 11.6 Å². The lowest BCUT2D eigenvalue weighted by atomic mass is 9.86. The van der Waals surface area contributed by atoms with Crippen LogP contribution in [0.3, 0.4) is 0 Å². The molecule has 0 aromatic heterocycles. The molecule has 2 unspecified atom stereocenters. The van der Waals surface area contributed by atoms with E-state index in [-0.39, 0.29) is 0 Å². The molecule has 1 nitrogen and oxygen atoms in total. The van der Waals surface area contributed by atoms with Crippen LogP contribution in [0.25, 0.3) is 0 Å². The Morgan fingerprint density at radius 3 is 2.33 bits per heavy atom. The highest BCUT2D eigenvalue weighted by Crippen LogP contribution is 2.34. The number of aryl methyl sites for hydroxylation is 2. The van der Waals surface area contributed by atoms with E-state index < -0.39 is 0 Å². The molecule has 2 rings (SSSR count). The molecule has 1 N–H and O–H groups in total. The van der Waals surface area contributed by atoms with E-state index in [1.54, 1.807) is 0 Å². The zero-order valence-corrected chi connectivity index (χ0v) is 14.0. The molecule has 0 radical (unpaired) electrons. The first-order valence-electron chi connectivity index (χ1n) is 7.59. The van der Waals surface area contributed by atoms with Crippen LogP contribution in [0.2, 0.25) is 5.02 Å². The number of rotatable bonds is 5. The van der Waals surface area contributed by atoms with Gasteiger partial charge in [0.25, 0.3) is 0 Å². The van der Waals surface area contributed by atoms with Crippen LogP contribution in [0, 0.1) is 13.8 Å². The van der Waals surface area contributed by atoms with E-state index in [2.05, 4.69) is 75.5 Å². The maximum Gasteiger partial charge on any atom is 0.0438 e. The minimum absolute atomic E-state index is 0.299. The second-order valence-electron chi connectivity index (χ2n) is 5.69. The molecule has 0 saturated heterocycles. The summed E-state index contributed by atoms with van der Waals surface area (Å²) < 4.78 is 0. The average Bonchev–Trinajstić information content (AvgIpc) is 2.49. The summed E-state index contributed by atoms with van der Waals surface area (Å²) in [6.45, 7) is 9.60. The number of benzene rings is 2. The molecule has 0 amide bonds. The Hall–Kier alpha value is -1.31. The standard InChI is InChI=1S/C19H24ClN/c1-5-21-19(15(4)16-9-7-6-8-10-16)17-11-14(3)18(20)12-13(17)2/h6-12,15,19,21H,5H2,1-4H3. The first-order valence-corrected chi connectivity index (χ1v) is 7.97. The molecule has 0 saturated carbocycles. The van der Waals surface area contributed by atoms with E-state index in [0.29, 0.717) is 12.0 Å². The number of hydrogen-bond acceptors (Lipinski definition) is 1. The molecule has 21 heavy (non-hydrogen) atoms. The molecule has 112 valence electrons. The summed E-state index contributed by atoms with van der Waals surface area (Å²) in [6.07, 6.45) is 0. The van der Waals surface area contributed by atoms with Crippen LogP contribution >= 0.6 is 11.6 Å². The number of hydrogen-bond donors (Lipinski definition) is 1. The topological polar surface area (TPSA) is 12.0 Å². The Kier molecular flexibility index (Phi) is 5.44. The molecule has 2 atom stereocenters. The van der Waals surface area contributed by atoms with Gasteiger partial charge < -0.3 is 5.32 Å². The monoisotopic (exact) mass is 301 g/mol. The predicted octanol–water partition coefficient (Wildman–Crippen LogP) is 5.41. The molecule has 0 aliphatic carbocycles. The van der Waals surface area contributed by atoms with Gasteiger partial charge in [0.05, 0.1) is 0 Å². The third-order valence-corrected chi connectivity index (χ3v) is 4.54. The van der Waals surface area contributed by atoms with Gasteiger partial charge in [-0.25, -0.2) is 0 Å².